The second kappa shape index (κ2) is 6.69. The highest BCUT2D eigenvalue weighted by Gasteiger charge is 2.10. The smallest absolute Gasteiger partial charge is 0.0594 e. The van der Waals surface area contributed by atoms with E-state index in [2.05, 4.69) is 28.2 Å². The van der Waals surface area contributed by atoms with Crippen molar-refractivity contribution in [2.75, 3.05) is 39.4 Å². The Kier molecular flexibility index (Phi) is 4.91. The number of hydrogen-bond donors (Lipinski definition) is 1. The van der Waals surface area contributed by atoms with Crippen molar-refractivity contribution in [3.8, 4) is 0 Å². The fraction of sp³-hybridized carbons (Fsp3) is 0.615. The van der Waals surface area contributed by atoms with Gasteiger partial charge in [0, 0.05) is 44.6 Å². The Bertz CT molecular complexity index is 312. The molecule has 0 amide bonds. The van der Waals surface area contributed by atoms with Gasteiger partial charge >= 0.3 is 0 Å². The first-order chi connectivity index (χ1) is 8.36. The van der Waals surface area contributed by atoms with Gasteiger partial charge in [0.15, 0.2) is 0 Å². The van der Waals surface area contributed by atoms with Gasteiger partial charge in [-0.2, -0.15) is 0 Å². The lowest BCUT2D eigenvalue weighted by molar-refractivity contribution is 0.0382. The first kappa shape index (κ1) is 12.5. The van der Waals surface area contributed by atoms with E-state index in [9.17, 15) is 0 Å². The zero-order valence-electron chi connectivity index (χ0n) is 10.4. The molecular formula is C13H21N3O. The highest BCUT2D eigenvalue weighted by atomic mass is 16.5. The van der Waals surface area contributed by atoms with Gasteiger partial charge in [0.05, 0.1) is 13.2 Å². The van der Waals surface area contributed by atoms with Crippen LogP contribution in [0.5, 0.6) is 0 Å². The minimum atomic E-state index is 0.366. The quantitative estimate of drug-likeness (QED) is 0.828. The summed E-state index contributed by atoms with van der Waals surface area (Å²) in [6.07, 6.45) is 3.73. The molecular weight excluding hydrogens is 214 g/mol. The Morgan fingerprint density at radius 3 is 3.00 bits per heavy atom. The number of nitrogens with zero attached hydrogens (tertiary/aromatic N) is 2. The van der Waals surface area contributed by atoms with E-state index in [1.54, 1.807) is 0 Å². The predicted molar refractivity (Wildman–Crippen MR) is 67.9 cm³/mol. The third-order valence-electron chi connectivity index (χ3n) is 3.17. The molecule has 1 N–H and O–H groups in total. The van der Waals surface area contributed by atoms with Gasteiger partial charge in [0.1, 0.15) is 0 Å². The van der Waals surface area contributed by atoms with Crippen LogP contribution in [0.1, 0.15) is 18.5 Å². The Morgan fingerprint density at radius 1 is 1.47 bits per heavy atom. The van der Waals surface area contributed by atoms with E-state index in [4.69, 9.17) is 4.74 Å². The number of morpholine rings is 1. The summed E-state index contributed by atoms with van der Waals surface area (Å²) in [6, 6.07) is 4.46. The lowest BCUT2D eigenvalue weighted by Gasteiger charge is -2.27. The number of aromatic nitrogens is 1. The predicted octanol–water partition coefficient (Wildman–Crippen LogP) is 1.06. The third-order valence-corrected chi connectivity index (χ3v) is 3.17. The molecule has 0 unspecified atom stereocenters. The maximum absolute atomic E-state index is 5.33. The van der Waals surface area contributed by atoms with Crippen molar-refractivity contribution in [2.24, 2.45) is 0 Å². The van der Waals surface area contributed by atoms with Crippen LogP contribution in [0.3, 0.4) is 0 Å². The van der Waals surface area contributed by atoms with Crippen LogP contribution in [-0.2, 0) is 4.74 Å². The van der Waals surface area contributed by atoms with E-state index in [0.717, 1.165) is 39.4 Å². The molecule has 1 aliphatic heterocycles. The molecule has 1 fully saturated rings. The van der Waals surface area contributed by atoms with Crippen molar-refractivity contribution in [1.29, 1.82) is 0 Å². The van der Waals surface area contributed by atoms with Crippen molar-refractivity contribution in [3.63, 3.8) is 0 Å². The van der Waals surface area contributed by atoms with Gasteiger partial charge in [-0.15, -0.1) is 0 Å². The van der Waals surface area contributed by atoms with Crippen LogP contribution in [0, 0.1) is 0 Å². The molecule has 17 heavy (non-hydrogen) atoms. The molecule has 0 aromatic carbocycles. The minimum absolute atomic E-state index is 0.366. The fourth-order valence-electron chi connectivity index (χ4n) is 2.01. The maximum atomic E-state index is 5.33. The van der Waals surface area contributed by atoms with Gasteiger partial charge in [-0.05, 0) is 18.6 Å². The van der Waals surface area contributed by atoms with Crippen molar-refractivity contribution in [1.82, 2.24) is 15.2 Å². The molecule has 0 saturated carbocycles. The molecule has 94 valence electrons. The van der Waals surface area contributed by atoms with E-state index < -0.39 is 0 Å². The molecule has 1 aromatic rings. The van der Waals surface area contributed by atoms with E-state index in [-0.39, 0.29) is 0 Å². The molecule has 2 rings (SSSR count). The Hall–Kier alpha value is -0.970. The topological polar surface area (TPSA) is 37.4 Å². The monoisotopic (exact) mass is 235 g/mol. The van der Waals surface area contributed by atoms with Gasteiger partial charge in [0.25, 0.3) is 0 Å². The first-order valence-corrected chi connectivity index (χ1v) is 6.29. The number of hydrogen-bond acceptors (Lipinski definition) is 4. The number of pyridine rings is 1. The van der Waals surface area contributed by atoms with E-state index in [1.165, 1.54) is 5.56 Å². The molecule has 4 heteroatoms. The second-order valence-corrected chi connectivity index (χ2v) is 4.42. The Labute approximate surface area is 103 Å². The average molecular weight is 235 g/mol. The molecule has 4 nitrogen and oxygen atoms in total. The van der Waals surface area contributed by atoms with E-state index in [1.807, 2.05) is 18.5 Å². The van der Waals surface area contributed by atoms with Gasteiger partial charge in [0.2, 0.25) is 0 Å². The summed E-state index contributed by atoms with van der Waals surface area (Å²) < 4.78 is 5.33. The first-order valence-electron chi connectivity index (χ1n) is 6.29. The summed E-state index contributed by atoms with van der Waals surface area (Å²) in [5.41, 5.74) is 1.24. The van der Waals surface area contributed by atoms with Crippen molar-refractivity contribution in [2.45, 2.75) is 13.0 Å². The summed E-state index contributed by atoms with van der Waals surface area (Å²) >= 11 is 0. The molecule has 0 radical (unpaired) electrons. The lowest BCUT2D eigenvalue weighted by atomic mass is 10.1. The van der Waals surface area contributed by atoms with Gasteiger partial charge in [-0.3, -0.25) is 9.88 Å². The van der Waals surface area contributed by atoms with Gasteiger partial charge in [-0.1, -0.05) is 6.07 Å². The number of ether oxygens (including phenoxy) is 1. The van der Waals surface area contributed by atoms with Crippen molar-refractivity contribution < 1.29 is 4.74 Å². The van der Waals surface area contributed by atoms with E-state index in [0.29, 0.717) is 6.04 Å². The number of rotatable bonds is 5. The van der Waals surface area contributed by atoms with Crippen LogP contribution in [-0.4, -0.2) is 49.3 Å². The second-order valence-electron chi connectivity index (χ2n) is 4.42. The molecule has 0 aliphatic carbocycles. The standard InChI is InChI=1S/C13H21N3O/c1-12(13-3-2-4-14-11-13)15-5-6-16-7-9-17-10-8-16/h2-4,11-12,15H,5-10H2,1H3/t12-/m1/s1. The SMILES string of the molecule is C[C@@H](NCCN1CCOCC1)c1cccnc1. The van der Waals surface area contributed by atoms with Crippen LogP contribution in [0.15, 0.2) is 24.5 Å². The van der Waals surface area contributed by atoms with Crippen LogP contribution in [0.4, 0.5) is 0 Å². The lowest BCUT2D eigenvalue weighted by Crippen LogP contribution is -2.40. The van der Waals surface area contributed by atoms with Crippen molar-refractivity contribution >= 4 is 0 Å². The average Bonchev–Trinajstić information content (AvgIpc) is 2.41. The molecule has 0 spiro atoms. The van der Waals surface area contributed by atoms with Crippen molar-refractivity contribution in [3.05, 3.63) is 30.1 Å². The summed E-state index contributed by atoms with van der Waals surface area (Å²) in [6.45, 7) is 8.14. The van der Waals surface area contributed by atoms with Gasteiger partial charge < -0.3 is 10.1 Å². The summed E-state index contributed by atoms with van der Waals surface area (Å²) in [7, 11) is 0. The largest absolute Gasteiger partial charge is 0.379 e. The molecule has 1 aromatic heterocycles. The van der Waals surface area contributed by atoms with Crippen LogP contribution < -0.4 is 5.32 Å². The van der Waals surface area contributed by atoms with Crippen LogP contribution in [0.2, 0.25) is 0 Å². The summed E-state index contributed by atoms with van der Waals surface area (Å²) in [4.78, 5) is 6.57. The Balaban J connectivity index is 1.67. The normalized spacial score (nSPS) is 19.1. The molecule has 2 heterocycles. The molecule has 1 aliphatic rings. The summed E-state index contributed by atoms with van der Waals surface area (Å²) in [5, 5.41) is 3.52. The Morgan fingerprint density at radius 2 is 2.29 bits per heavy atom. The molecule has 1 saturated heterocycles. The minimum Gasteiger partial charge on any atom is -0.379 e. The van der Waals surface area contributed by atoms with Gasteiger partial charge in [-0.25, -0.2) is 0 Å². The number of nitrogens with one attached hydrogen (secondary N) is 1. The van der Waals surface area contributed by atoms with E-state index >= 15 is 0 Å². The fourth-order valence-corrected chi connectivity index (χ4v) is 2.01. The van der Waals surface area contributed by atoms with Crippen LogP contribution in [0.25, 0.3) is 0 Å². The van der Waals surface area contributed by atoms with Crippen LogP contribution >= 0.6 is 0 Å². The molecule has 1 atom stereocenters. The third kappa shape index (κ3) is 4.07. The maximum Gasteiger partial charge on any atom is 0.0594 e. The highest BCUT2D eigenvalue weighted by molar-refractivity contribution is 5.12. The zero-order valence-corrected chi connectivity index (χ0v) is 10.4. The molecule has 0 bridgehead atoms. The summed E-state index contributed by atoms with van der Waals surface area (Å²) in [5.74, 6) is 0. The zero-order chi connectivity index (χ0) is 11.9. The highest BCUT2D eigenvalue weighted by Crippen LogP contribution is 2.09.